The number of hydrogen-bond donors (Lipinski definition) is 1. The fraction of sp³-hybridized carbons (Fsp3) is 0.611. The number of benzene rings is 1. The summed E-state index contributed by atoms with van der Waals surface area (Å²) in [5.41, 5.74) is 0.606. The summed E-state index contributed by atoms with van der Waals surface area (Å²) in [7, 11) is 0. The van der Waals surface area contributed by atoms with Crippen molar-refractivity contribution in [3.8, 4) is 11.8 Å². The van der Waals surface area contributed by atoms with Crippen LogP contribution in [0.3, 0.4) is 0 Å². The molecule has 0 amide bonds. The lowest BCUT2D eigenvalue weighted by molar-refractivity contribution is -0.0992. The molecule has 1 saturated carbocycles. The minimum absolute atomic E-state index is 0.265. The van der Waals surface area contributed by atoms with Crippen LogP contribution in [-0.4, -0.2) is 54.6 Å². The first-order valence-corrected chi connectivity index (χ1v) is 8.43. The van der Waals surface area contributed by atoms with E-state index >= 15 is 0 Å². The molecule has 2 fully saturated rings. The number of fused-ring (bicyclic) bond motifs is 1. The van der Waals surface area contributed by atoms with E-state index in [2.05, 4.69) is 11.0 Å². The molecule has 1 heterocycles. The number of nitrogens with zero attached hydrogens (tertiary/aromatic N) is 2. The van der Waals surface area contributed by atoms with Crippen LogP contribution in [0.4, 0.5) is 0 Å². The van der Waals surface area contributed by atoms with Gasteiger partial charge in [-0.3, -0.25) is 4.90 Å². The van der Waals surface area contributed by atoms with E-state index in [-0.39, 0.29) is 6.61 Å². The molecule has 5 heteroatoms. The molecular weight excluding hydrogens is 292 g/mol. The average molecular weight is 316 g/mol. The lowest BCUT2D eigenvalue weighted by Crippen LogP contribution is -2.55. The number of aliphatic hydroxyl groups excluding tert-OH is 1. The smallest absolute Gasteiger partial charge is 0.119 e. The SMILES string of the molecule is N#Cc1ccc(OC[C@H](O)CN2CCO[C@@H]3CCCC[C@H]32)cc1. The van der Waals surface area contributed by atoms with E-state index in [0.717, 1.165) is 26.0 Å². The van der Waals surface area contributed by atoms with Gasteiger partial charge in [0.1, 0.15) is 18.5 Å². The van der Waals surface area contributed by atoms with Crippen molar-refractivity contribution in [2.45, 2.75) is 43.9 Å². The highest BCUT2D eigenvalue weighted by Gasteiger charge is 2.34. The van der Waals surface area contributed by atoms with Crippen LogP contribution in [0.1, 0.15) is 31.2 Å². The van der Waals surface area contributed by atoms with Gasteiger partial charge in [0.25, 0.3) is 0 Å². The summed E-state index contributed by atoms with van der Waals surface area (Å²) in [5, 5.41) is 19.1. The molecule has 0 bridgehead atoms. The quantitative estimate of drug-likeness (QED) is 0.899. The predicted molar refractivity (Wildman–Crippen MR) is 86.2 cm³/mol. The molecule has 1 aromatic carbocycles. The molecule has 1 N–H and O–H groups in total. The normalized spacial score (nSPS) is 26.1. The zero-order chi connectivity index (χ0) is 16.1. The van der Waals surface area contributed by atoms with Crippen molar-refractivity contribution in [2.24, 2.45) is 0 Å². The summed E-state index contributed by atoms with van der Waals surface area (Å²) >= 11 is 0. The zero-order valence-corrected chi connectivity index (χ0v) is 13.4. The fourth-order valence-corrected chi connectivity index (χ4v) is 3.54. The van der Waals surface area contributed by atoms with Gasteiger partial charge in [0.05, 0.1) is 24.3 Å². The van der Waals surface area contributed by atoms with Crippen LogP contribution >= 0.6 is 0 Å². The van der Waals surface area contributed by atoms with E-state index in [1.54, 1.807) is 24.3 Å². The van der Waals surface area contributed by atoms with Gasteiger partial charge in [-0.1, -0.05) is 12.8 Å². The third-order valence-corrected chi connectivity index (χ3v) is 4.72. The van der Waals surface area contributed by atoms with Crippen molar-refractivity contribution < 1.29 is 14.6 Å². The molecule has 3 atom stereocenters. The van der Waals surface area contributed by atoms with E-state index in [4.69, 9.17) is 14.7 Å². The topological polar surface area (TPSA) is 65.7 Å². The van der Waals surface area contributed by atoms with Crippen molar-refractivity contribution >= 4 is 0 Å². The van der Waals surface area contributed by atoms with Crippen molar-refractivity contribution in [3.63, 3.8) is 0 Å². The maximum atomic E-state index is 10.3. The molecule has 0 unspecified atom stereocenters. The van der Waals surface area contributed by atoms with Gasteiger partial charge < -0.3 is 14.6 Å². The number of hydrogen-bond acceptors (Lipinski definition) is 5. The predicted octanol–water partition coefficient (Wildman–Crippen LogP) is 1.94. The van der Waals surface area contributed by atoms with Crippen LogP contribution in [0.2, 0.25) is 0 Å². The Bertz CT molecular complexity index is 538. The number of nitriles is 1. The lowest BCUT2D eigenvalue weighted by atomic mass is 9.90. The van der Waals surface area contributed by atoms with Crippen molar-refractivity contribution in [1.29, 1.82) is 5.26 Å². The second-order valence-electron chi connectivity index (χ2n) is 6.36. The molecule has 0 spiro atoms. The van der Waals surface area contributed by atoms with Crippen LogP contribution in [0, 0.1) is 11.3 Å². The summed E-state index contributed by atoms with van der Waals surface area (Å²) in [5.74, 6) is 0.681. The standard InChI is InChI=1S/C18H24N2O3/c19-11-14-5-7-16(8-6-14)23-13-15(21)12-20-9-10-22-18-4-2-1-3-17(18)20/h5-8,15,17-18,21H,1-4,9-10,12-13H2/t15-,17-,18-/m1/s1. The fourth-order valence-electron chi connectivity index (χ4n) is 3.54. The Hall–Kier alpha value is -1.61. The first-order chi connectivity index (χ1) is 11.3. The van der Waals surface area contributed by atoms with Crippen LogP contribution in [0.5, 0.6) is 5.75 Å². The highest BCUT2D eigenvalue weighted by atomic mass is 16.5. The monoisotopic (exact) mass is 316 g/mol. The second kappa shape index (κ2) is 7.78. The van der Waals surface area contributed by atoms with Crippen LogP contribution in [0.15, 0.2) is 24.3 Å². The van der Waals surface area contributed by atoms with Gasteiger partial charge in [-0.2, -0.15) is 5.26 Å². The largest absolute Gasteiger partial charge is 0.491 e. The number of ether oxygens (including phenoxy) is 2. The maximum absolute atomic E-state index is 10.3. The molecule has 1 aromatic rings. The van der Waals surface area contributed by atoms with Crippen molar-refractivity contribution in [2.75, 3.05) is 26.3 Å². The molecule has 1 saturated heterocycles. The van der Waals surface area contributed by atoms with E-state index in [0.29, 0.717) is 30.0 Å². The Balaban J connectivity index is 1.48. The third-order valence-electron chi connectivity index (χ3n) is 4.72. The highest BCUT2D eigenvalue weighted by molar-refractivity contribution is 5.34. The third kappa shape index (κ3) is 4.23. The van der Waals surface area contributed by atoms with Gasteiger partial charge >= 0.3 is 0 Å². The molecular formula is C18H24N2O3. The van der Waals surface area contributed by atoms with Crippen molar-refractivity contribution in [3.05, 3.63) is 29.8 Å². The van der Waals surface area contributed by atoms with Gasteiger partial charge in [-0.25, -0.2) is 0 Å². The molecule has 1 aliphatic heterocycles. The van der Waals surface area contributed by atoms with Crippen LogP contribution < -0.4 is 4.74 Å². The van der Waals surface area contributed by atoms with E-state index in [1.807, 2.05) is 0 Å². The van der Waals surface area contributed by atoms with Gasteiger partial charge in [-0.05, 0) is 37.1 Å². The van der Waals surface area contributed by atoms with Gasteiger partial charge in [0, 0.05) is 19.1 Å². The Morgan fingerprint density at radius 1 is 1.30 bits per heavy atom. The molecule has 3 rings (SSSR count). The van der Waals surface area contributed by atoms with Gasteiger partial charge in [0.2, 0.25) is 0 Å². The minimum atomic E-state index is -0.522. The first-order valence-electron chi connectivity index (χ1n) is 8.43. The molecule has 1 aliphatic carbocycles. The molecule has 2 aliphatic rings. The molecule has 0 aromatic heterocycles. The lowest BCUT2D eigenvalue weighted by Gasteiger charge is -2.44. The minimum Gasteiger partial charge on any atom is -0.491 e. The summed E-state index contributed by atoms with van der Waals surface area (Å²) < 4.78 is 11.5. The number of morpholine rings is 1. The van der Waals surface area contributed by atoms with Gasteiger partial charge in [-0.15, -0.1) is 0 Å². The average Bonchev–Trinajstić information content (AvgIpc) is 2.61. The van der Waals surface area contributed by atoms with Crippen LogP contribution in [-0.2, 0) is 4.74 Å². The van der Waals surface area contributed by atoms with E-state index in [1.165, 1.54) is 12.8 Å². The molecule has 23 heavy (non-hydrogen) atoms. The van der Waals surface area contributed by atoms with Gasteiger partial charge in [0.15, 0.2) is 0 Å². The number of aliphatic hydroxyl groups is 1. The van der Waals surface area contributed by atoms with Crippen LogP contribution in [0.25, 0.3) is 0 Å². The zero-order valence-electron chi connectivity index (χ0n) is 13.4. The first kappa shape index (κ1) is 16.3. The maximum Gasteiger partial charge on any atom is 0.119 e. The summed E-state index contributed by atoms with van der Waals surface area (Å²) in [6, 6.07) is 9.48. The van der Waals surface area contributed by atoms with E-state index in [9.17, 15) is 5.11 Å². The number of rotatable bonds is 5. The molecule has 5 nitrogen and oxygen atoms in total. The summed E-state index contributed by atoms with van der Waals surface area (Å²) in [4.78, 5) is 2.36. The Labute approximate surface area is 137 Å². The molecule has 124 valence electrons. The Morgan fingerprint density at radius 3 is 2.87 bits per heavy atom. The summed E-state index contributed by atoms with van der Waals surface area (Å²) in [6.45, 7) is 2.53. The Kier molecular flexibility index (Phi) is 5.50. The summed E-state index contributed by atoms with van der Waals surface area (Å²) in [6.07, 6.45) is 4.61. The van der Waals surface area contributed by atoms with Crippen molar-refractivity contribution in [1.82, 2.24) is 4.90 Å². The van der Waals surface area contributed by atoms with E-state index < -0.39 is 6.10 Å². The Morgan fingerprint density at radius 2 is 2.09 bits per heavy atom. The highest BCUT2D eigenvalue weighted by Crippen LogP contribution is 2.28. The number of β-amino-alcohol motifs (C(OH)–C–C–N with tert-alkyl or cyclic N) is 1. The second-order valence-corrected chi connectivity index (χ2v) is 6.36. The molecule has 0 radical (unpaired) electrons.